The Hall–Kier alpha value is -7.99. The second-order valence-corrected chi connectivity index (χ2v) is 27.3. The molecule has 6 N–H and O–H groups in total. The van der Waals surface area contributed by atoms with Crippen molar-refractivity contribution in [3.8, 4) is 28.7 Å². The Morgan fingerprint density at radius 2 is 0.914 bits per heavy atom. The van der Waals surface area contributed by atoms with Crippen molar-refractivity contribution in [1.82, 2.24) is 5.32 Å². The molecule has 0 heterocycles. The lowest BCUT2D eigenvalue weighted by Gasteiger charge is -2.16. The van der Waals surface area contributed by atoms with E-state index in [0.717, 1.165) is 0 Å². The number of azo groups is 4. The summed E-state index contributed by atoms with van der Waals surface area (Å²) in [5, 5.41) is 40.8. The fourth-order valence-corrected chi connectivity index (χ4v) is 10.4. The van der Waals surface area contributed by atoms with E-state index in [0.29, 0.717) is 63.7 Å². The number of hydrogen-bond donors (Lipinski definition) is 6. The zero-order chi connectivity index (χ0) is 68.5. The Balaban J connectivity index is 1.31. The van der Waals surface area contributed by atoms with Crippen molar-refractivity contribution in [2.45, 2.75) is 66.2 Å². The van der Waals surface area contributed by atoms with Gasteiger partial charge in [-0.05, 0) is 138 Å². The summed E-state index contributed by atoms with van der Waals surface area (Å²) in [4.78, 5) is 13.8. The fourth-order valence-electron chi connectivity index (χ4n) is 7.85. The van der Waals surface area contributed by atoms with Gasteiger partial charge >= 0.3 is 6.03 Å². The number of halogens is 2. The van der Waals surface area contributed by atoms with Crippen LogP contribution in [0.15, 0.2) is 149 Å². The molecule has 2 amide bonds. The number of nitrogens with zero attached hydrogens (tertiary/aromatic N) is 8. The van der Waals surface area contributed by atoms with E-state index in [1.54, 1.807) is 76.2 Å². The van der Waals surface area contributed by atoms with Crippen LogP contribution in [0.2, 0.25) is 10.0 Å². The first-order valence-corrected chi connectivity index (χ1v) is 35.2. The smallest absolute Gasteiger partial charge is 0.323 e. The number of anilines is 1. The highest BCUT2D eigenvalue weighted by Gasteiger charge is 2.18. The number of carbonyl (C=O) groups is 1. The zero-order valence-corrected chi connectivity index (χ0v) is 56.1. The minimum Gasteiger partial charge on any atom is -0.495 e. The first-order chi connectivity index (χ1) is 43.8. The summed E-state index contributed by atoms with van der Waals surface area (Å²) in [6.45, 7) is 10.7. The van der Waals surface area contributed by atoms with E-state index in [9.17, 15) is 47.6 Å². The molecule has 0 unspecified atom stereocenters. The topological polar surface area (TPSA) is 413 Å². The number of carbonyl (C=O) groups excluding carboxylic acids is 1. The number of nitrogens with one attached hydrogen (secondary N) is 2. The normalized spacial score (nSPS) is 12.7. The Kier molecular flexibility index (Phi) is 29.2. The molecule has 0 aliphatic carbocycles. The van der Waals surface area contributed by atoms with Crippen molar-refractivity contribution >= 4 is 115 Å². The Morgan fingerprint density at radius 3 is 1.33 bits per heavy atom. The average Bonchev–Trinajstić information content (AvgIpc) is 1.01. The number of allylic oxidation sites excluding steroid dienone is 2. The zero-order valence-electron chi connectivity index (χ0n) is 51.3. The van der Waals surface area contributed by atoms with Crippen LogP contribution in [0, 0.1) is 20.8 Å². The Morgan fingerprint density at radius 1 is 0.516 bits per heavy atom. The van der Waals surface area contributed by atoms with Crippen LogP contribution in [0.3, 0.4) is 0 Å². The van der Waals surface area contributed by atoms with Crippen molar-refractivity contribution in [1.29, 1.82) is 0 Å². The third-order valence-electron chi connectivity index (χ3n) is 12.4. The SMILES string of the molecule is C=C(C)/C=C(NC(=O)Nc1cc(C)c(N=Nc2cc(C)c(/N=N/c3ccc(OCCCCS(=O)(=O)O)cc3Cl)cc2OCCCS(=O)(=O)O)cc1OC)\C(=C/CN=Nc1cc(C)c(/N=N/c2ccc(OCCCCS(=O)(=O)O)cc2Cl)cc1OCCCS(=O)(=O)O)OC. The Bertz CT molecular complexity index is 4150. The molecule has 93 heavy (non-hydrogen) atoms. The summed E-state index contributed by atoms with van der Waals surface area (Å²) in [5.41, 5.74) is 4.56. The van der Waals surface area contributed by atoms with E-state index in [4.69, 9.17) is 60.7 Å². The number of aryl methyl sites for hydroxylation is 3. The van der Waals surface area contributed by atoms with Gasteiger partial charge in [0.15, 0.2) is 0 Å². The van der Waals surface area contributed by atoms with E-state index in [1.165, 1.54) is 50.6 Å². The number of ether oxygens (including phenoxy) is 6. The van der Waals surface area contributed by atoms with Crippen molar-refractivity contribution in [2.24, 2.45) is 40.9 Å². The first kappa shape index (κ1) is 75.7. The summed E-state index contributed by atoms with van der Waals surface area (Å²) >= 11 is 13.0. The molecule has 0 atom stereocenters. The van der Waals surface area contributed by atoms with Gasteiger partial charge in [0.1, 0.15) is 57.3 Å². The van der Waals surface area contributed by atoms with Gasteiger partial charge in [0.05, 0.1) is 109 Å². The van der Waals surface area contributed by atoms with Crippen molar-refractivity contribution in [3.63, 3.8) is 0 Å². The van der Waals surface area contributed by atoms with Crippen LogP contribution in [0.25, 0.3) is 0 Å². The molecule has 0 bridgehead atoms. The lowest BCUT2D eigenvalue weighted by Crippen LogP contribution is -2.29. The quantitative estimate of drug-likeness (QED) is 0.00707. The lowest BCUT2D eigenvalue weighted by atomic mass is 10.1. The van der Waals surface area contributed by atoms with E-state index in [2.05, 4.69) is 58.1 Å². The van der Waals surface area contributed by atoms with E-state index in [1.807, 2.05) is 0 Å². The second kappa shape index (κ2) is 35.9. The largest absolute Gasteiger partial charge is 0.495 e. The number of urea groups is 1. The summed E-state index contributed by atoms with van der Waals surface area (Å²) in [7, 11) is -14.0. The maximum atomic E-state index is 13.8. The molecule has 0 aliphatic rings. The van der Waals surface area contributed by atoms with Gasteiger partial charge in [-0.15, -0.1) is 15.3 Å². The molecule has 5 aromatic rings. The number of methoxy groups -OCH3 is 2. The molecule has 504 valence electrons. The van der Waals surface area contributed by atoms with Gasteiger partial charge in [0.2, 0.25) is 0 Å². The van der Waals surface area contributed by atoms with Crippen LogP contribution in [-0.4, -0.2) is 128 Å². The molecule has 35 heteroatoms. The summed E-state index contributed by atoms with van der Waals surface area (Å²) in [6.07, 6.45) is 4.07. The van der Waals surface area contributed by atoms with Gasteiger partial charge < -0.3 is 39.1 Å². The van der Waals surface area contributed by atoms with Gasteiger partial charge in [-0.1, -0.05) is 35.4 Å². The van der Waals surface area contributed by atoms with Crippen molar-refractivity contribution in [2.75, 3.05) is 75.5 Å². The van der Waals surface area contributed by atoms with Crippen LogP contribution in [-0.2, 0) is 45.2 Å². The van der Waals surface area contributed by atoms with E-state index in [-0.39, 0.29) is 137 Å². The number of benzene rings is 5. The van der Waals surface area contributed by atoms with Gasteiger partial charge in [-0.3, -0.25) is 18.2 Å². The highest BCUT2D eigenvalue weighted by Crippen LogP contribution is 2.41. The van der Waals surface area contributed by atoms with Gasteiger partial charge in [0, 0.05) is 30.3 Å². The molecule has 0 saturated carbocycles. The second-order valence-electron chi connectivity index (χ2n) is 20.2. The van der Waals surface area contributed by atoms with Crippen molar-refractivity contribution in [3.05, 3.63) is 135 Å². The number of amides is 2. The molecule has 0 spiro atoms. The fraction of sp³-hybridized carbons (Fsp3) is 0.362. The predicted molar refractivity (Wildman–Crippen MR) is 350 cm³/mol. The monoisotopic (exact) mass is 1410 g/mol. The molecule has 5 aromatic carbocycles. The number of hydrogen-bond acceptors (Lipinski definition) is 23. The van der Waals surface area contributed by atoms with Crippen LogP contribution >= 0.6 is 23.2 Å². The molecule has 0 radical (unpaired) electrons. The van der Waals surface area contributed by atoms with Crippen LogP contribution in [0.1, 0.15) is 62.1 Å². The highest BCUT2D eigenvalue weighted by atomic mass is 35.5. The lowest BCUT2D eigenvalue weighted by molar-refractivity contribution is 0.251. The summed E-state index contributed by atoms with van der Waals surface area (Å²) in [6, 6.07) is 18.0. The molecule has 0 aromatic heterocycles. The highest BCUT2D eigenvalue weighted by molar-refractivity contribution is 7.86. The summed E-state index contributed by atoms with van der Waals surface area (Å²) in [5.74, 6) is -0.504. The van der Waals surface area contributed by atoms with E-state index >= 15 is 0 Å². The summed E-state index contributed by atoms with van der Waals surface area (Å²) < 4.78 is 161. The van der Waals surface area contributed by atoms with Crippen LogP contribution in [0.4, 0.5) is 50.3 Å². The molecule has 29 nitrogen and oxygen atoms in total. The standard InChI is InChI=1S/C58H70Cl2N10O19S4/c1-37(2)28-50(54(84-6)18-19-61-64-52-30-39(4)48(35-56(52)88-22-12-26-92(78,79)80)67-65-45-16-14-41(32-43(45)59)86-20-8-10-24-90(72,73)74)62-58(71)63-51-29-38(3)47(34-55(51)85-7)69-70-53-31-40(5)49(36-57(53)89-23-13-27-93(81,82)83)68-66-46-17-15-42(33-44(46)60)87-21-9-11-25-91(75,76)77/h14-18,28-36H,1,8-13,19-27H2,2-7H3,(H2,62,63,71)(H,72,73,74)(H,75,76,77)(H,78,79,80)(H,81,82,83)/b50-28+,54-18+,64-61?,67-65+,68-66+,70-69?. The van der Waals surface area contributed by atoms with Gasteiger partial charge in [-0.25, -0.2) is 4.79 Å². The third kappa shape index (κ3) is 28.0. The maximum absolute atomic E-state index is 13.8. The van der Waals surface area contributed by atoms with Crippen LogP contribution in [0.5, 0.6) is 28.7 Å². The average molecular weight is 1410 g/mol. The molecule has 0 aliphatic heterocycles. The predicted octanol–water partition coefficient (Wildman–Crippen LogP) is 14.5. The van der Waals surface area contributed by atoms with Crippen molar-refractivity contribution < 1.29 is 85.1 Å². The molecular weight excluding hydrogens is 1340 g/mol. The molecule has 0 saturated heterocycles. The first-order valence-electron chi connectivity index (χ1n) is 28.0. The minimum absolute atomic E-state index is 0.0711. The molecule has 5 rings (SSSR count). The number of unbranched alkanes of at least 4 members (excludes halogenated alkanes) is 2. The minimum atomic E-state index is -4.29. The molecular formula is C58H70Cl2N10O19S4. The maximum Gasteiger partial charge on any atom is 0.323 e. The van der Waals surface area contributed by atoms with E-state index < -0.39 is 58.0 Å². The molecule has 0 fully saturated rings. The van der Waals surface area contributed by atoms with Gasteiger partial charge in [-0.2, -0.15) is 59.2 Å². The Labute approximate surface area is 549 Å². The van der Waals surface area contributed by atoms with Crippen LogP contribution < -0.4 is 34.3 Å². The number of rotatable bonds is 37. The van der Waals surface area contributed by atoms with Gasteiger partial charge in [0.25, 0.3) is 40.5 Å². The third-order valence-corrected chi connectivity index (χ3v) is 16.2.